The minimum Gasteiger partial charge on any atom is -0.469 e. The molecule has 23 heavy (non-hydrogen) atoms. The van der Waals surface area contributed by atoms with Gasteiger partial charge in [-0.25, -0.2) is 0 Å². The summed E-state index contributed by atoms with van der Waals surface area (Å²) in [5, 5.41) is 0.263. The van der Waals surface area contributed by atoms with Crippen LogP contribution in [0.3, 0.4) is 0 Å². The van der Waals surface area contributed by atoms with Gasteiger partial charge < -0.3 is 9.47 Å². The highest BCUT2D eigenvalue weighted by Crippen LogP contribution is 2.74. The zero-order valence-electron chi connectivity index (χ0n) is 15.7. The molecule has 0 bridgehead atoms. The third kappa shape index (κ3) is 2.55. The van der Waals surface area contributed by atoms with Crippen molar-refractivity contribution in [2.24, 2.45) is 17.8 Å². The molecule has 0 saturated heterocycles. The summed E-state index contributed by atoms with van der Waals surface area (Å²) < 4.78 is 10.1. The summed E-state index contributed by atoms with van der Waals surface area (Å²) in [7, 11) is 1.19. The molecule has 0 amide bonds. The molecule has 0 unspecified atom stereocenters. The van der Waals surface area contributed by atoms with Crippen molar-refractivity contribution < 1.29 is 19.1 Å². The van der Waals surface area contributed by atoms with E-state index in [1.807, 2.05) is 0 Å². The molecule has 0 radical (unpaired) electrons. The van der Waals surface area contributed by atoms with Crippen LogP contribution in [-0.2, 0) is 19.1 Å². The Morgan fingerprint density at radius 3 is 2.04 bits per heavy atom. The van der Waals surface area contributed by atoms with Gasteiger partial charge in [0, 0.05) is 0 Å². The lowest BCUT2D eigenvalue weighted by Crippen LogP contribution is -2.65. The summed E-state index contributed by atoms with van der Waals surface area (Å²) in [4.78, 5) is 24.4. The number of carbonyl (C=O) groups excluding carboxylic acids is 2. The van der Waals surface area contributed by atoms with Gasteiger partial charge in [-0.2, -0.15) is 0 Å². The fourth-order valence-corrected chi connectivity index (χ4v) is 9.70. The number of hydrogen-bond donors (Lipinski definition) is 0. The van der Waals surface area contributed by atoms with Crippen LogP contribution in [0.1, 0.15) is 46.5 Å². The highest BCUT2D eigenvalue weighted by molar-refractivity contribution is 6.83. The average Bonchev–Trinajstić information content (AvgIpc) is 2.45. The predicted molar refractivity (Wildman–Crippen MR) is 92.9 cm³/mol. The second-order valence-electron chi connectivity index (χ2n) is 8.92. The number of methoxy groups -OCH3 is 2. The van der Waals surface area contributed by atoms with Gasteiger partial charge in [0.25, 0.3) is 0 Å². The molecule has 0 spiro atoms. The molecular weight excluding hydrogens is 308 g/mol. The van der Waals surface area contributed by atoms with Gasteiger partial charge in [-0.1, -0.05) is 33.9 Å². The van der Waals surface area contributed by atoms with Crippen LogP contribution in [0.5, 0.6) is 0 Å². The smallest absolute Gasteiger partial charge is 0.308 e. The van der Waals surface area contributed by atoms with Gasteiger partial charge in [0.1, 0.15) is 0 Å². The highest BCUT2D eigenvalue weighted by Gasteiger charge is 2.69. The maximum Gasteiger partial charge on any atom is 0.308 e. The Bertz CT molecular complexity index is 494. The molecule has 0 aromatic rings. The molecule has 2 aliphatic rings. The molecule has 2 rings (SSSR count). The van der Waals surface area contributed by atoms with Crippen LogP contribution < -0.4 is 0 Å². The van der Waals surface area contributed by atoms with E-state index >= 15 is 0 Å². The van der Waals surface area contributed by atoms with Gasteiger partial charge in [-0.3, -0.25) is 9.59 Å². The topological polar surface area (TPSA) is 52.6 Å². The van der Waals surface area contributed by atoms with Crippen molar-refractivity contribution in [3.63, 3.8) is 0 Å². The Labute approximate surface area is 141 Å². The van der Waals surface area contributed by atoms with Crippen LogP contribution in [-0.4, -0.2) is 34.2 Å². The Morgan fingerprint density at radius 1 is 1.04 bits per heavy atom. The summed E-state index contributed by atoms with van der Waals surface area (Å²) in [6.45, 7) is 11.8. The zero-order chi connectivity index (χ0) is 17.6. The predicted octanol–water partition coefficient (Wildman–Crippen LogP) is 4.02. The molecule has 0 heterocycles. The van der Waals surface area contributed by atoms with E-state index in [1.54, 1.807) is 0 Å². The van der Waals surface area contributed by atoms with E-state index in [-0.39, 0.29) is 33.9 Å². The molecular formula is C18H32O4Si. The summed E-state index contributed by atoms with van der Waals surface area (Å²) in [6, 6.07) is 0. The monoisotopic (exact) mass is 340 g/mol. The highest BCUT2D eigenvalue weighted by atomic mass is 28.3. The fourth-order valence-electron chi connectivity index (χ4n) is 5.17. The maximum atomic E-state index is 12.4. The Kier molecular flexibility index (Phi) is 4.75. The largest absolute Gasteiger partial charge is 0.469 e. The summed E-state index contributed by atoms with van der Waals surface area (Å²) in [6.07, 6.45) is 3.52. The number of carbonyl (C=O) groups is 2. The Balaban J connectivity index is 2.37. The van der Waals surface area contributed by atoms with Crippen LogP contribution in [0.4, 0.5) is 0 Å². The number of ether oxygens (including phenoxy) is 2. The van der Waals surface area contributed by atoms with Crippen LogP contribution >= 0.6 is 0 Å². The molecule has 2 aliphatic carbocycles. The SMILES string of the molecule is COC(=O)[C@@H]1CC[C@]2([Si](C)(C)C(C)(C)C)[C@H](C1)C[C@@H]2C(=O)OC. The van der Waals surface area contributed by atoms with Gasteiger partial charge in [-0.05, 0) is 41.7 Å². The van der Waals surface area contributed by atoms with Crippen molar-refractivity contribution >= 4 is 20.0 Å². The van der Waals surface area contributed by atoms with Crippen molar-refractivity contribution in [1.82, 2.24) is 0 Å². The first-order valence-electron chi connectivity index (χ1n) is 8.68. The second-order valence-corrected chi connectivity index (χ2v) is 14.6. The first kappa shape index (κ1) is 18.5. The van der Waals surface area contributed by atoms with E-state index in [4.69, 9.17) is 9.47 Å². The van der Waals surface area contributed by atoms with Crippen molar-refractivity contribution in [2.45, 2.75) is 69.6 Å². The number of hydrogen-bond acceptors (Lipinski definition) is 4. The number of esters is 2. The van der Waals surface area contributed by atoms with Gasteiger partial charge in [-0.15, -0.1) is 0 Å². The second kappa shape index (κ2) is 5.90. The van der Waals surface area contributed by atoms with Gasteiger partial charge in [0.2, 0.25) is 0 Å². The van der Waals surface area contributed by atoms with E-state index in [0.717, 1.165) is 25.7 Å². The fraction of sp³-hybridized carbons (Fsp3) is 0.889. The molecule has 0 aromatic heterocycles. The van der Waals surface area contributed by atoms with E-state index in [2.05, 4.69) is 33.9 Å². The quantitative estimate of drug-likeness (QED) is 0.575. The molecule has 2 saturated carbocycles. The molecule has 4 atom stereocenters. The van der Waals surface area contributed by atoms with Gasteiger partial charge in [0.05, 0.1) is 34.1 Å². The van der Waals surface area contributed by atoms with E-state index in [0.29, 0.717) is 5.92 Å². The summed E-state index contributed by atoms with van der Waals surface area (Å²) in [5.74, 6) is 0.321. The normalized spacial score (nSPS) is 34.1. The molecule has 0 aliphatic heterocycles. The number of rotatable bonds is 3. The van der Waals surface area contributed by atoms with Crippen molar-refractivity contribution in [2.75, 3.05) is 14.2 Å². The molecule has 0 aromatic carbocycles. The van der Waals surface area contributed by atoms with Crippen LogP contribution in [0.25, 0.3) is 0 Å². The van der Waals surface area contributed by atoms with E-state index in [1.165, 1.54) is 14.2 Å². The maximum absolute atomic E-state index is 12.4. The Hall–Kier alpha value is -0.843. The summed E-state index contributed by atoms with van der Waals surface area (Å²) in [5.41, 5.74) is 0. The molecule has 2 fully saturated rings. The van der Waals surface area contributed by atoms with Crippen LogP contribution in [0.15, 0.2) is 0 Å². The van der Waals surface area contributed by atoms with Gasteiger partial charge >= 0.3 is 11.9 Å². The first-order chi connectivity index (χ1) is 10.5. The average molecular weight is 341 g/mol. The minimum atomic E-state index is -1.77. The van der Waals surface area contributed by atoms with Crippen molar-refractivity contribution in [1.29, 1.82) is 0 Å². The van der Waals surface area contributed by atoms with Crippen LogP contribution in [0.2, 0.25) is 23.2 Å². The van der Waals surface area contributed by atoms with Crippen LogP contribution in [0, 0.1) is 17.8 Å². The zero-order valence-corrected chi connectivity index (χ0v) is 16.7. The van der Waals surface area contributed by atoms with Gasteiger partial charge in [0.15, 0.2) is 0 Å². The number of fused-ring (bicyclic) bond motifs is 1. The molecule has 132 valence electrons. The standard InChI is InChI=1S/C18H32O4Si/c1-17(2,3)23(6,7)18-9-8-12(15(19)21-4)10-13(18)11-14(18)16(20)22-5/h12-14H,8-11H2,1-7H3/t12-,13-,14-,18+/m1/s1. The Morgan fingerprint density at radius 2 is 1.61 bits per heavy atom. The molecule has 0 N–H and O–H groups in total. The third-order valence-electron chi connectivity index (χ3n) is 7.40. The minimum absolute atomic E-state index is 0.00138. The lowest BCUT2D eigenvalue weighted by Gasteiger charge is -2.67. The van der Waals surface area contributed by atoms with Crippen molar-refractivity contribution in [3.05, 3.63) is 0 Å². The van der Waals surface area contributed by atoms with E-state index < -0.39 is 8.07 Å². The molecule has 5 heteroatoms. The molecule has 4 nitrogen and oxygen atoms in total. The van der Waals surface area contributed by atoms with Crippen molar-refractivity contribution in [3.8, 4) is 0 Å². The summed E-state index contributed by atoms with van der Waals surface area (Å²) >= 11 is 0. The first-order valence-corrected chi connectivity index (χ1v) is 11.7. The third-order valence-corrected chi connectivity index (χ3v) is 14.5. The lowest BCUT2D eigenvalue weighted by molar-refractivity contribution is -0.159. The van der Waals surface area contributed by atoms with E-state index in [9.17, 15) is 9.59 Å². The lowest BCUT2D eigenvalue weighted by atomic mass is 9.55.